The molecule has 1 aromatic carbocycles. The van der Waals surface area contributed by atoms with Crippen LogP contribution >= 0.6 is 0 Å². The van der Waals surface area contributed by atoms with Crippen LogP contribution in [0.1, 0.15) is 11.3 Å². The number of nitrogens with zero attached hydrogens (tertiary/aromatic N) is 3. The first kappa shape index (κ1) is 13.0. The van der Waals surface area contributed by atoms with E-state index in [2.05, 4.69) is 11.1 Å². The zero-order chi connectivity index (χ0) is 14.0. The quantitative estimate of drug-likeness (QED) is 0.846. The first-order valence-corrected chi connectivity index (χ1v) is 5.77. The molecule has 1 aromatic heterocycles. The Labute approximate surface area is 112 Å². The van der Waals surface area contributed by atoms with E-state index in [0.29, 0.717) is 17.1 Å². The van der Waals surface area contributed by atoms with Crippen LogP contribution in [0, 0.1) is 18.3 Å². The molecule has 5 heteroatoms. The fourth-order valence-corrected chi connectivity index (χ4v) is 2.10. The van der Waals surface area contributed by atoms with E-state index in [1.807, 2.05) is 19.1 Å². The fraction of sp³-hybridized carbons (Fsp3) is 0.286. The zero-order valence-electron chi connectivity index (χ0n) is 11.4. The minimum atomic E-state index is 0.503. The normalized spacial score (nSPS) is 10.1. The highest BCUT2D eigenvalue weighted by molar-refractivity contribution is 5.74. The molecule has 5 nitrogen and oxygen atoms in total. The average molecular weight is 257 g/mol. The van der Waals surface area contributed by atoms with Crippen LogP contribution in [0.3, 0.4) is 0 Å². The van der Waals surface area contributed by atoms with E-state index in [1.54, 1.807) is 32.2 Å². The third-order valence-corrected chi connectivity index (χ3v) is 3.08. The second-order valence-electron chi connectivity index (χ2n) is 4.14. The molecular formula is C14H15N3O2. The number of imidazole rings is 1. The molecular weight excluding hydrogens is 242 g/mol. The van der Waals surface area contributed by atoms with Gasteiger partial charge in [0.15, 0.2) is 0 Å². The SMILES string of the molecule is COc1ccc(-c2ncn(C)c2C#N)c(OC)c1C. The lowest BCUT2D eigenvalue weighted by Gasteiger charge is -2.13. The number of hydrogen-bond acceptors (Lipinski definition) is 4. The number of methoxy groups -OCH3 is 2. The molecule has 2 rings (SSSR count). The molecule has 0 aliphatic rings. The van der Waals surface area contributed by atoms with Crippen LogP contribution in [0.2, 0.25) is 0 Å². The molecule has 0 aliphatic carbocycles. The highest BCUT2D eigenvalue weighted by Crippen LogP contribution is 2.38. The van der Waals surface area contributed by atoms with Gasteiger partial charge in [0.1, 0.15) is 29.0 Å². The summed E-state index contributed by atoms with van der Waals surface area (Å²) in [4.78, 5) is 4.28. The van der Waals surface area contributed by atoms with Crippen LogP contribution in [0.5, 0.6) is 11.5 Å². The van der Waals surface area contributed by atoms with Crippen LogP contribution < -0.4 is 9.47 Å². The number of aromatic nitrogens is 2. The highest BCUT2D eigenvalue weighted by Gasteiger charge is 2.18. The Kier molecular flexibility index (Phi) is 3.43. The van der Waals surface area contributed by atoms with Crippen LogP contribution in [-0.4, -0.2) is 23.8 Å². The first-order chi connectivity index (χ1) is 9.13. The third-order valence-electron chi connectivity index (χ3n) is 3.08. The van der Waals surface area contributed by atoms with E-state index in [-0.39, 0.29) is 0 Å². The molecule has 0 radical (unpaired) electrons. The summed E-state index contributed by atoms with van der Waals surface area (Å²) in [5, 5.41) is 9.21. The second kappa shape index (κ2) is 5.02. The van der Waals surface area contributed by atoms with Gasteiger partial charge in [-0.1, -0.05) is 0 Å². The summed E-state index contributed by atoms with van der Waals surface area (Å²) in [7, 11) is 5.00. The van der Waals surface area contributed by atoms with Crippen LogP contribution in [-0.2, 0) is 7.05 Å². The predicted octanol–water partition coefficient (Wildman–Crippen LogP) is 2.28. The number of nitriles is 1. The van der Waals surface area contributed by atoms with E-state index in [4.69, 9.17) is 9.47 Å². The molecule has 0 saturated heterocycles. The maximum Gasteiger partial charge on any atom is 0.147 e. The van der Waals surface area contributed by atoms with Crippen molar-refractivity contribution in [2.45, 2.75) is 6.92 Å². The van der Waals surface area contributed by atoms with Crippen molar-refractivity contribution in [2.75, 3.05) is 14.2 Å². The van der Waals surface area contributed by atoms with Gasteiger partial charge >= 0.3 is 0 Å². The van der Waals surface area contributed by atoms with Crippen molar-refractivity contribution in [1.82, 2.24) is 9.55 Å². The maximum atomic E-state index is 9.21. The van der Waals surface area contributed by atoms with Crippen LogP contribution in [0.4, 0.5) is 0 Å². The summed E-state index contributed by atoms with van der Waals surface area (Å²) < 4.78 is 12.4. The number of aryl methyl sites for hydroxylation is 1. The van der Waals surface area contributed by atoms with Crippen LogP contribution in [0.15, 0.2) is 18.5 Å². The molecule has 98 valence electrons. The molecule has 0 fully saturated rings. The lowest BCUT2D eigenvalue weighted by atomic mass is 10.0. The van der Waals surface area contributed by atoms with Gasteiger partial charge < -0.3 is 14.0 Å². The lowest BCUT2D eigenvalue weighted by Crippen LogP contribution is -1.97. The Morgan fingerprint density at radius 3 is 2.58 bits per heavy atom. The Hall–Kier alpha value is -2.48. The van der Waals surface area contributed by atoms with Crippen LogP contribution in [0.25, 0.3) is 11.3 Å². The molecule has 1 heterocycles. The van der Waals surface area contributed by atoms with Gasteiger partial charge in [-0.05, 0) is 19.1 Å². The molecule has 0 amide bonds. The topological polar surface area (TPSA) is 60.1 Å². The van der Waals surface area contributed by atoms with Crippen molar-refractivity contribution in [3.05, 3.63) is 29.7 Å². The summed E-state index contributed by atoms with van der Waals surface area (Å²) in [6, 6.07) is 5.86. The van der Waals surface area contributed by atoms with Gasteiger partial charge in [0, 0.05) is 18.2 Å². The van der Waals surface area contributed by atoms with Crippen molar-refractivity contribution in [3.8, 4) is 28.8 Å². The molecule has 0 N–H and O–H groups in total. The maximum absolute atomic E-state index is 9.21. The van der Waals surface area contributed by atoms with Gasteiger partial charge in [-0.3, -0.25) is 0 Å². The molecule has 0 atom stereocenters. The Balaban J connectivity index is 2.70. The monoisotopic (exact) mass is 257 g/mol. The molecule has 2 aromatic rings. The molecule has 0 spiro atoms. The minimum Gasteiger partial charge on any atom is -0.496 e. The molecule has 19 heavy (non-hydrogen) atoms. The highest BCUT2D eigenvalue weighted by atomic mass is 16.5. The summed E-state index contributed by atoms with van der Waals surface area (Å²) in [6.07, 6.45) is 1.62. The number of rotatable bonds is 3. The summed E-state index contributed by atoms with van der Waals surface area (Å²) >= 11 is 0. The molecule has 0 bridgehead atoms. The van der Waals surface area contributed by atoms with E-state index in [0.717, 1.165) is 16.9 Å². The summed E-state index contributed by atoms with van der Waals surface area (Å²) in [5.74, 6) is 1.42. The lowest BCUT2D eigenvalue weighted by molar-refractivity contribution is 0.390. The summed E-state index contributed by atoms with van der Waals surface area (Å²) in [6.45, 7) is 1.91. The van der Waals surface area contributed by atoms with Gasteiger partial charge in [0.2, 0.25) is 0 Å². The zero-order valence-corrected chi connectivity index (χ0v) is 11.4. The molecule has 0 unspecified atom stereocenters. The largest absolute Gasteiger partial charge is 0.496 e. The van der Waals surface area contributed by atoms with Crippen molar-refractivity contribution >= 4 is 0 Å². The summed E-state index contributed by atoms with van der Waals surface area (Å²) in [5.41, 5.74) is 2.80. The van der Waals surface area contributed by atoms with Crippen molar-refractivity contribution in [3.63, 3.8) is 0 Å². The number of hydrogen-bond donors (Lipinski definition) is 0. The van der Waals surface area contributed by atoms with E-state index >= 15 is 0 Å². The van der Waals surface area contributed by atoms with E-state index in [1.165, 1.54) is 0 Å². The third kappa shape index (κ3) is 2.02. The van der Waals surface area contributed by atoms with Gasteiger partial charge in [-0.2, -0.15) is 5.26 Å². The first-order valence-electron chi connectivity index (χ1n) is 5.77. The predicted molar refractivity (Wildman–Crippen MR) is 71.2 cm³/mol. The Bertz CT molecular complexity index is 653. The van der Waals surface area contributed by atoms with Gasteiger partial charge in [-0.15, -0.1) is 0 Å². The molecule has 0 saturated carbocycles. The van der Waals surface area contributed by atoms with E-state index < -0.39 is 0 Å². The van der Waals surface area contributed by atoms with Crippen molar-refractivity contribution in [1.29, 1.82) is 5.26 Å². The van der Waals surface area contributed by atoms with Gasteiger partial charge in [0.05, 0.1) is 20.5 Å². The van der Waals surface area contributed by atoms with Gasteiger partial charge in [0.25, 0.3) is 0 Å². The average Bonchev–Trinajstić information content (AvgIpc) is 2.79. The standard InChI is InChI=1S/C14H15N3O2/c1-9-12(18-3)6-5-10(14(9)19-4)13-11(7-15)17(2)8-16-13/h5-6,8H,1-4H3. The second-order valence-corrected chi connectivity index (χ2v) is 4.14. The van der Waals surface area contributed by atoms with E-state index in [9.17, 15) is 5.26 Å². The van der Waals surface area contributed by atoms with Gasteiger partial charge in [-0.25, -0.2) is 4.98 Å². The fourth-order valence-electron chi connectivity index (χ4n) is 2.10. The minimum absolute atomic E-state index is 0.503. The molecule has 0 aliphatic heterocycles. The van der Waals surface area contributed by atoms with Crippen molar-refractivity contribution in [2.24, 2.45) is 7.05 Å². The Morgan fingerprint density at radius 2 is 2.00 bits per heavy atom. The Morgan fingerprint density at radius 1 is 1.26 bits per heavy atom. The van der Waals surface area contributed by atoms with Crippen molar-refractivity contribution < 1.29 is 9.47 Å². The smallest absolute Gasteiger partial charge is 0.147 e. The number of ether oxygens (including phenoxy) is 2. The number of benzene rings is 1.